The summed E-state index contributed by atoms with van der Waals surface area (Å²) in [5, 5.41) is 0. The largest absolute Gasteiger partial charge is 0.494 e. The number of imide groups is 1. The number of nitrogens with zero attached hydrogens (tertiary/aromatic N) is 2. The van der Waals surface area contributed by atoms with Crippen molar-refractivity contribution < 1.29 is 33.0 Å². The van der Waals surface area contributed by atoms with Crippen LogP contribution in [0.4, 0.5) is 4.39 Å². The smallest absolute Gasteiger partial charge is 0.308 e. The van der Waals surface area contributed by atoms with Gasteiger partial charge in [0.15, 0.2) is 18.2 Å². The summed E-state index contributed by atoms with van der Waals surface area (Å²) in [4.78, 5) is 49.0. The first-order chi connectivity index (χ1) is 12.8. The molecule has 0 atom stereocenters. The lowest BCUT2D eigenvalue weighted by molar-refractivity contribution is -0.152. The molecule has 0 bridgehead atoms. The van der Waals surface area contributed by atoms with Gasteiger partial charge in [-0.05, 0) is 17.7 Å². The highest BCUT2D eigenvalue weighted by Crippen LogP contribution is 2.18. The van der Waals surface area contributed by atoms with Crippen LogP contribution in [0.25, 0.3) is 0 Å². The molecule has 3 amide bonds. The second-order valence-electron chi connectivity index (χ2n) is 6.07. The standard InChI is InChI=1S/C18H21FN2O6/c1-20(10-12-3-4-14(26-2)13(19)9-12)17(24)11-27-18(25)7-8-21-15(22)5-6-16(21)23/h3-4,9H,5-8,10-11H2,1-2H3. The predicted octanol–water partition coefficient (Wildman–Crippen LogP) is 0.875. The minimum atomic E-state index is -0.681. The summed E-state index contributed by atoms with van der Waals surface area (Å²) in [6.45, 7) is -0.393. The molecule has 1 aliphatic rings. The predicted molar refractivity (Wildman–Crippen MR) is 91.0 cm³/mol. The number of benzene rings is 1. The molecule has 9 heteroatoms. The minimum Gasteiger partial charge on any atom is -0.494 e. The molecule has 0 radical (unpaired) electrons. The lowest BCUT2D eigenvalue weighted by atomic mass is 10.2. The van der Waals surface area contributed by atoms with Crippen molar-refractivity contribution in [3.05, 3.63) is 29.6 Å². The van der Waals surface area contributed by atoms with Crippen molar-refractivity contribution >= 4 is 23.7 Å². The molecule has 27 heavy (non-hydrogen) atoms. The molecule has 0 unspecified atom stereocenters. The first-order valence-electron chi connectivity index (χ1n) is 8.37. The van der Waals surface area contributed by atoms with Crippen LogP contribution in [0.5, 0.6) is 5.75 Å². The van der Waals surface area contributed by atoms with Gasteiger partial charge < -0.3 is 14.4 Å². The Morgan fingerprint density at radius 2 is 1.89 bits per heavy atom. The lowest BCUT2D eigenvalue weighted by Gasteiger charge is -2.18. The number of hydrogen-bond donors (Lipinski definition) is 0. The van der Waals surface area contributed by atoms with E-state index in [1.807, 2.05) is 0 Å². The Hall–Kier alpha value is -2.97. The molecule has 0 aliphatic carbocycles. The van der Waals surface area contributed by atoms with Crippen molar-refractivity contribution in [2.45, 2.75) is 25.8 Å². The van der Waals surface area contributed by atoms with Crippen molar-refractivity contribution in [1.29, 1.82) is 0 Å². The van der Waals surface area contributed by atoms with Gasteiger partial charge in [-0.2, -0.15) is 0 Å². The number of carbonyl (C=O) groups excluding carboxylic acids is 4. The van der Waals surface area contributed by atoms with Crippen LogP contribution in [0.3, 0.4) is 0 Å². The second kappa shape index (κ2) is 9.11. The van der Waals surface area contributed by atoms with Crippen LogP contribution in [-0.2, 0) is 30.5 Å². The maximum absolute atomic E-state index is 13.7. The number of likely N-dealkylation sites (tertiary alicyclic amines) is 1. The molecule has 146 valence electrons. The lowest BCUT2D eigenvalue weighted by Crippen LogP contribution is -2.33. The molecule has 8 nitrogen and oxygen atoms in total. The van der Waals surface area contributed by atoms with Gasteiger partial charge in [-0.1, -0.05) is 6.07 Å². The van der Waals surface area contributed by atoms with E-state index in [2.05, 4.69) is 0 Å². The van der Waals surface area contributed by atoms with Gasteiger partial charge in [0.25, 0.3) is 5.91 Å². The average Bonchev–Trinajstić information content (AvgIpc) is 2.96. The van der Waals surface area contributed by atoms with Gasteiger partial charge in [0.1, 0.15) is 0 Å². The van der Waals surface area contributed by atoms with E-state index >= 15 is 0 Å². The van der Waals surface area contributed by atoms with E-state index in [0.717, 1.165) is 4.90 Å². The summed E-state index contributed by atoms with van der Waals surface area (Å²) in [7, 11) is 2.86. The van der Waals surface area contributed by atoms with Crippen LogP contribution >= 0.6 is 0 Å². The Morgan fingerprint density at radius 3 is 2.48 bits per heavy atom. The van der Waals surface area contributed by atoms with Gasteiger partial charge >= 0.3 is 5.97 Å². The summed E-state index contributed by atoms with van der Waals surface area (Å²) in [6, 6.07) is 4.35. The third-order valence-corrected chi connectivity index (χ3v) is 4.11. The highest BCUT2D eigenvalue weighted by atomic mass is 19.1. The van der Waals surface area contributed by atoms with Gasteiger partial charge in [0.2, 0.25) is 11.8 Å². The zero-order valence-corrected chi connectivity index (χ0v) is 15.2. The number of ether oxygens (including phenoxy) is 2. The zero-order chi connectivity index (χ0) is 20.0. The van der Waals surface area contributed by atoms with Crippen LogP contribution in [0.1, 0.15) is 24.8 Å². The molecule has 0 aromatic heterocycles. The van der Waals surface area contributed by atoms with Crippen molar-refractivity contribution in [3.63, 3.8) is 0 Å². The van der Waals surface area contributed by atoms with Crippen LogP contribution in [0, 0.1) is 5.82 Å². The molecule has 1 aromatic carbocycles. The van der Waals surface area contributed by atoms with Gasteiger partial charge in [0, 0.05) is 33.0 Å². The number of carbonyl (C=O) groups is 4. The first kappa shape index (κ1) is 20.3. The SMILES string of the molecule is COc1ccc(CN(C)C(=O)COC(=O)CCN2C(=O)CCC2=O)cc1F. The Bertz CT molecular complexity index is 735. The fourth-order valence-corrected chi connectivity index (χ4v) is 2.57. The fraction of sp³-hybridized carbons (Fsp3) is 0.444. The van der Waals surface area contributed by atoms with E-state index in [0.29, 0.717) is 5.56 Å². The third-order valence-electron chi connectivity index (χ3n) is 4.11. The van der Waals surface area contributed by atoms with Crippen molar-refractivity contribution in [3.8, 4) is 5.75 Å². The summed E-state index contributed by atoms with van der Waals surface area (Å²) >= 11 is 0. The van der Waals surface area contributed by atoms with Crippen LogP contribution in [-0.4, -0.2) is 60.8 Å². The molecule has 1 fully saturated rings. The quantitative estimate of drug-likeness (QED) is 0.491. The summed E-state index contributed by atoms with van der Waals surface area (Å²) < 4.78 is 23.4. The molecule has 0 N–H and O–H groups in total. The fourth-order valence-electron chi connectivity index (χ4n) is 2.57. The third kappa shape index (κ3) is 5.50. The number of methoxy groups -OCH3 is 1. The van der Waals surface area contributed by atoms with Crippen molar-refractivity contribution in [2.24, 2.45) is 0 Å². The Balaban J connectivity index is 1.75. The van der Waals surface area contributed by atoms with Gasteiger partial charge in [0.05, 0.1) is 13.5 Å². The van der Waals surface area contributed by atoms with E-state index < -0.39 is 24.3 Å². The van der Waals surface area contributed by atoms with Crippen molar-refractivity contribution in [2.75, 3.05) is 27.3 Å². The highest BCUT2D eigenvalue weighted by Gasteiger charge is 2.29. The highest BCUT2D eigenvalue weighted by molar-refractivity contribution is 6.02. The first-order valence-corrected chi connectivity index (χ1v) is 8.37. The molecule has 0 spiro atoms. The number of rotatable bonds is 8. The maximum atomic E-state index is 13.7. The molecule has 1 heterocycles. The van der Waals surface area contributed by atoms with E-state index in [1.165, 1.54) is 31.2 Å². The Morgan fingerprint density at radius 1 is 1.22 bits per heavy atom. The number of esters is 1. The number of amides is 3. The van der Waals surface area contributed by atoms with E-state index in [9.17, 15) is 23.6 Å². The summed E-state index contributed by atoms with van der Waals surface area (Å²) in [6.07, 6.45) is 0.143. The van der Waals surface area contributed by atoms with E-state index in [4.69, 9.17) is 9.47 Å². The van der Waals surface area contributed by atoms with E-state index in [1.54, 1.807) is 6.07 Å². The van der Waals surface area contributed by atoms with Crippen LogP contribution in [0.2, 0.25) is 0 Å². The molecule has 0 saturated carbocycles. The normalized spacial score (nSPS) is 13.7. The number of likely N-dealkylation sites (N-methyl/N-ethyl adjacent to an activating group) is 1. The molecule has 1 aromatic rings. The molecular formula is C18H21FN2O6. The van der Waals surface area contributed by atoms with Crippen molar-refractivity contribution in [1.82, 2.24) is 9.80 Å². The zero-order valence-electron chi connectivity index (χ0n) is 15.2. The Kier molecular flexibility index (Phi) is 6.86. The molecule has 1 saturated heterocycles. The maximum Gasteiger partial charge on any atom is 0.308 e. The monoisotopic (exact) mass is 380 g/mol. The summed E-state index contributed by atoms with van der Waals surface area (Å²) in [5.74, 6) is -2.19. The van der Waals surface area contributed by atoms with Crippen LogP contribution < -0.4 is 4.74 Å². The van der Waals surface area contributed by atoms with E-state index in [-0.39, 0.29) is 49.9 Å². The average molecular weight is 380 g/mol. The second-order valence-corrected chi connectivity index (χ2v) is 6.07. The number of halogens is 1. The molecule has 2 rings (SSSR count). The molecular weight excluding hydrogens is 359 g/mol. The molecule has 1 aliphatic heterocycles. The van der Waals surface area contributed by atoms with Gasteiger partial charge in [-0.15, -0.1) is 0 Å². The minimum absolute atomic E-state index is 0.0499. The Labute approximate surface area is 155 Å². The number of hydrogen-bond acceptors (Lipinski definition) is 6. The van der Waals surface area contributed by atoms with Gasteiger partial charge in [-0.3, -0.25) is 24.1 Å². The summed E-state index contributed by atoms with van der Waals surface area (Å²) in [5.41, 5.74) is 0.557. The topological polar surface area (TPSA) is 93.2 Å². The van der Waals surface area contributed by atoms with Gasteiger partial charge in [-0.25, -0.2) is 4.39 Å². The van der Waals surface area contributed by atoms with Crippen LogP contribution in [0.15, 0.2) is 18.2 Å².